The summed E-state index contributed by atoms with van der Waals surface area (Å²) in [4.78, 5) is 27.0. The van der Waals surface area contributed by atoms with Gasteiger partial charge in [0.1, 0.15) is 11.5 Å². The molecule has 0 saturated carbocycles. The monoisotopic (exact) mass is 313 g/mol. The summed E-state index contributed by atoms with van der Waals surface area (Å²) in [6.45, 7) is 4.52. The van der Waals surface area contributed by atoms with Crippen molar-refractivity contribution in [3.8, 4) is 0 Å². The maximum Gasteiger partial charge on any atom is 0.312 e. The number of benzene rings is 1. The summed E-state index contributed by atoms with van der Waals surface area (Å²) in [6.07, 6.45) is 3.50. The summed E-state index contributed by atoms with van der Waals surface area (Å²) in [5.41, 5.74) is 1.25. The van der Waals surface area contributed by atoms with E-state index >= 15 is 0 Å². The maximum atomic E-state index is 13.0. The number of nitrogens with zero attached hydrogens (tertiary/aromatic N) is 1. The molecule has 0 radical (unpaired) electrons. The SMILES string of the molecule is CCOC(=O)[C@H]1[C@@H]2C=C[C@]3(CN(c4cccc(C)c4)C(=O)[C@H]13)O2. The molecule has 1 aromatic carbocycles. The lowest BCUT2D eigenvalue weighted by molar-refractivity contribution is -0.151. The minimum atomic E-state index is -0.692. The third-order valence-corrected chi connectivity index (χ3v) is 4.97. The zero-order valence-electron chi connectivity index (χ0n) is 13.2. The second kappa shape index (κ2) is 4.93. The van der Waals surface area contributed by atoms with Crippen molar-refractivity contribution in [1.29, 1.82) is 0 Å². The Balaban J connectivity index is 1.70. The number of ether oxygens (including phenoxy) is 2. The Morgan fingerprint density at radius 1 is 1.48 bits per heavy atom. The lowest BCUT2D eigenvalue weighted by Crippen LogP contribution is -2.40. The number of fused-ring (bicyclic) bond motifs is 1. The second-order valence-corrected chi connectivity index (χ2v) is 6.42. The zero-order valence-corrected chi connectivity index (χ0v) is 13.2. The molecule has 3 heterocycles. The highest BCUT2D eigenvalue weighted by molar-refractivity contribution is 6.02. The third kappa shape index (κ3) is 1.96. The fraction of sp³-hybridized carbons (Fsp3) is 0.444. The van der Waals surface area contributed by atoms with Gasteiger partial charge in [0, 0.05) is 5.69 Å². The Hall–Kier alpha value is -2.14. The first-order valence-electron chi connectivity index (χ1n) is 7.97. The van der Waals surface area contributed by atoms with Crippen LogP contribution in [0.2, 0.25) is 0 Å². The van der Waals surface area contributed by atoms with Crippen molar-refractivity contribution in [2.24, 2.45) is 11.8 Å². The van der Waals surface area contributed by atoms with Crippen molar-refractivity contribution in [1.82, 2.24) is 0 Å². The molecule has 2 saturated heterocycles. The molecule has 1 aromatic rings. The van der Waals surface area contributed by atoms with Gasteiger partial charge in [0.05, 0.1) is 25.2 Å². The highest BCUT2D eigenvalue weighted by Crippen LogP contribution is 2.52. The fourth-order valence-electron chi connectivity index (χ4n) is 4.02. The minimum Gasteiger partial charge on any atom is -0.466 e. The number of rotatable bonds is 3. The first kappa shape index (κ1) is 14.5. The maximum absolute atomic E-state index is 13.0. The molecule has 1 spiro atoms. The van der Waals surface area contributed by atoms with Crippen molar-refractivity contribution in [2.45, 2.75) is 25.6 Å². The van der Waals surface area contributed by atoms with Crippen LogP contribution in [0.5, 0.6) is 0 Å². The molecule has 2 fully saturated rings. The summed E-state index contributed by atoms with van der Waals surface area (Å²) < 4.78 is 11.2. The number of anilines is 1. The summed E-state index contributed by atoms with van der Waals surface area (Å²) in [6, 6.07) is 7.82. The first-order valence-corrected chi connectivity index (χ1v) is 7.97. The molecular weight excluding hydrogens is 294 g/mol. The quantitative estimate of drug-likeness (QED) is 0.631. The van der Waals surface area contributed by atoms with E-state index in [-0.39, 0.29) is 18.0 Å². The van der Waals surface area contributed by atoms with Crippen molar-refractivity contribution in [2.75, 3.05) is 18.1 Å². The van der Waals surface area contributed by atoms with E-state index in [1.165, 1.54) is 0 Å². The summed E-state index contributed by atoms with van der Waals surface area (Å²) in [5.74, 6) is -1.42. The van der Waals surface area contributed by atoms with Gasteiger partial charge in [0.15, 0.2) is 0 Å². The van der Waals surface area contributed by atoms with Gasteiger partial charge in [-0.15, -0.1) is 0 Å². The predicted molar refractivity (Wildman–Crippen MR) is 83.9 cm³/mol. The van der Waals surface area contributed by atoms with Crippen LogP contribution in [0.4, 0.5) is 5.69 Å². The molecule has 5 nitrogen and oxygen atoms in total. The highest BCUT2D eigenvalue weighted by Gasteiger charge is 2.67. The highest BCUT2D eigenvalue weighted by atomic mass is 16.6. The Morgan fingerprint density at radius 3 is 3.04 bits per heavy atom. The van der Waals surface area contributed by atoms with Crippen LogP contribution in [0, 0.1) is 18.8 Å². The molecule has 0 N–H and O–H groups in total. The Bertz CT molecular complexity index is 713. The molecule has 120 valence electrons. The molecule has 5 heteroatoms. The van der Waals surface area contributed by atoms with Gasteiger partial charge < -0.3 is 14.4 Å². The molecule has 0 aromatic heterocycles. The molecule has 3 aliphatic heterocycles. The largest absolute Gasteiger partial charge is 0.466 e. The topological polar surface area (TPSA) is 55.8 Å². The lowest BCUT2D eigenvalue weighted by atomic mass is 9.77. The van der Waals surface area contributed by atoms with E-state index in [9.17, 15) is 9.59 Å². The average molecular weight is 313 g/mol. The van der Waals surface area contributed by atoms with Gasteiger partial charge in [-0.3, -0.25) is 9.59 Å². The number of amides is 1. The van der Waals surface area contributed by atoms with Crippen LogP contribution >= 0.6 is 0 Å². The van der Waals surface area contributed by atoms with E-state index < -0.39 is 17.4 Å². The van der Waals surface area contributed by atoms with E-state index in [2.05, 4.69) is 0 Å². The zero-order chi connectivity index (χ0) is 16.2. The van der Waals surface area contributed by atoms with E-state index in [0.29, 0.717) is 13.2 Å². The predicted octanol–water partition coefficient (Wildman–Crippen LogP) is 1.84. The van der Waals surface area contributed by atoms with Crippen LogP contribution in [0.15, 0.2) is 36.4 Å². The molecule has 4 atom stereocenters. The Kier molecular flexibility index (Phi) is 3.10. The van der Waals surface area contributed by atoms with Crippen molar-refractivity contribution < 1.29 is 19.1 Å². The van der Waals surface area contributed by atoms with Crippen LogP contribution in [0.3, 0.4) is 0 Å². The smallest absolute Gasteiger partial charge is 0.312 e. The average Bonchev–Trinajstić information content (AvgIpc) is 3.16. The molecule has 0 unspecified atom stereocenters. The molecule has 1 amide bonds. The Labute approximate surface area is 134 Å². The number of hydrogen-bond acceptors (Lipinski definition) is 4. The van der Waals surface area contributed by atoms with Crippen LogP contribution < -0.4 is 4.90 Å². The molecule has 0 aliphatic carbocycles. The van der Waals surface area contributed by atoms with Crippen LogP contribution in [0.1, 0.15) is 12.5 Å². The van der Waals surface area contributed by atoms with E-state index in [1.54, 1.807) is 11.8 Å². The normalized spacial score (nSPS) is 34.1. The Morgan fingerprint density at radius 2 is 2.30 bits per heavy atom. The van der Waals surface area contributed by atoms with Gasteiger partial charge in [0.25, 0.3) is 0 Å². The van der Waals surface area contributed by atoms with Crippen molar-refractivity contribution in [3.63, 3.8) is 0 Å². The van der Waals surface area contributed by atoms with E-state index in [1.807, 2.05) is 43.3 Å². The third-order valence-electron chi connectivity index (χ3n) is 4.97. The standard InChI is InChI=1S/C18H19NO4/c1-3-22-17(21)14-13-7-8-18(23-13)10-19(16(20)15(14)18)12-6-4-5-11(2)9-12/h4-9,13-15H,3,10H2,1-2H3/t13-,14-,15-,18+/m0/s1. The molecule has 23 heavy (non-hydrogen) atoms. The van der Waals surface area contributed by atoms with Gasteiger partial charge >= 0.3 is 5.97 Å². The molecular formula is C18H19NO4. The molecule has 3 aliphatic rings. The number of hydrogen-bond donors (Lipinski definition) is 0. The second-order valence-electron chi connectivity index (χ2n) is 6.42. The van der Waals surface area contributed by atoms with Crippen LogP contribution in [0.25, 0.3) is 0 Å². The number of aryl methyl sites for hydroxylation is 1. The van der Waals surface area contributed by atoms with Gasteiger partial charge in [-0.2, -0.15) is 0 Å². The van der Waals surface area contributed by atoms with E-state index in [0.717, 1.165) is 11.3 Å². The van der Waals surface area contributed by atoms with Crippen LogP contribution in [-0.4, -0.2) is 36.7 Å². The number of esters is 1. The van der Waals surface area contributed by atoms with Gasteiger partial charge in [-0.25, -0.2) is 0 Å². The van der Waals surface area contributed by atoms with Crippen LogP contribution in [-0.2, 0) is 19.1 Å². The van der Waals surface area contributed by atoms with E-state index in [4.69, 9.17) is 9.47 Å². The fourth-order valence-corrected chi connectivity index (χ4v) is 4.02. The number of carbonyl (C=O) groups excluding carboxylic acids is 2. The minimum absolute atomic E-state index is 0.0551. The lowest BCUT2D eigenvalue weighted by Gasteiger charge is -2.22. The summed E-state index contributed by atoms with van der Waals surface area (Å²) >= 11 is 0. The summed E-state index contributed by atoms with van der Waals surface area (Å²) in [5, 5.41) is 0. The van der Waals surface area contributed by atoms with Crippen molar-refractivity contribution in [3.05, 3.63) is 42.0 Å². The van der Waals surface area contributed by atoms with Gasteiger partial charge in [-0.05, 0) is 31.5 Å². The molecule has 4 rings (SSSR count). The van der Waals surface area contributed by atoms with Crippen molar-refractivity contribution >= 4 is 17.6 Å². The first-order chi connectivity index (χ1) is 11.1. The summed E-state index contributed by atoms with van der Waals surface area (Å²) in [7, 11) is 0. The number of carbonyl (C=O) groups is 2. The van der Waals surface area contributed by atoms with Gasteiger partial charge in [-0.1, -0.05) is 24.3 Å². The molecule has 2 bridgehead atoms. The van der Waals surface area contributed by atoms with Gasteiger partial charge in [0.2, 0.25) is 5.91 Å².